The Morgan fingerprint density at radius 3 is 2.38 bits per heavy atom. The maximum atomic E-state index is 13.0. The summed E-state index contributed by atoms with van der Waals surface area (Å²) in [5, 5.41) is 6.03. The summed E-state index contributed by atoms with van der Waals surface area (Å²) in [6, 6.07) is 4.65. The molecule has 3 amide bonds. The maximum absolute atomic E-state index is 13.0. The van der Waals surface area contributed by atoms with Gasteiger partial charge in [0.1, 0.15) is 6.04 Å². The van der Waals surface area contributed by atoms with Crippen LogP contribution >= 0.6 is 0 Å². The first-order valence-corrected chi connectivity index (χ1v) is 11.9. The SMILES string of the molecule is O=C(NC(C(=O)NC1CC1)C1CCN(C(=O)C2CCCC2)CC1)c1ccc2c(c1)OCO2. The van der Waals surface area contributed by atoms with Crippen molar-refractivity contribution >= 4 is 17.7 Å². The van der Waals surface area contributed by atoms with Crippen LogP contribution in [0, 0.1) is 11.8 Å². The first kappa shape index (κ1) is 21.1. The van der Waals surface area contributed by atoms with Crippen LogP contribution in [0.15, 0.2) is 18.2 Å². The van der Waals surface area contributed by atoms with Crippen molar-refractivity contribution in [1.82, 2.24) is 15.5 Å². The number of nitrogens with zero attached hydrogens (tertiary/aromatic N) is 1. The number of benzene rings is 1. The molecule has 32 heavy (non-hydrogen) atoms. The van der Waals surface area contributed by atoms with Crippen LogP contribution in [0.1, 0.15) is 61.7 Å². The number of ether oxygens (including phenoxy) is 2. The predicted molar refractivity (Wildman–Crippen MR) is 116 cm³/mol. The topological polar surface area (TPSA) is 97.0 Å². The van der Waals surface area contributed by atoms with Gasteiger partial charge >= 0.3 is 0 Å². The number of fused-ring (bicyclic) bond motifs is 1. The standard InChI is InChI=1S/C24H31N3O5/c28-22(17-5-8-19-20(13-17)32-14-31-19)26-21(23(29)25-18-6-7-18)15-9-11-27(12-10-15)24(30)16-3-1-2-4-16/h5,8,13,15-16,18,21H,1-4,6-7,9-12,14H2,(H,25,29)(H,26,28). The lowest BCUT2D eigenvalue weighted by Crippen LogP contribution is -2.54. The van der Waals surface area contributed by atoms with E-state index in [0.717, 1.165) is 38.5 Å². The van der Waals surface area contributed by atoms with Crippen LogP contribution < -0.4 is 20.1 Å². The number of amides is 3. The zero-order valence-corrected chi connectivity index (χ0v) is 18.3. The van der Waals surface area contributed by atoms with Gasteiger partial charge in [-0.1, -0.05) is 12.8 Å². The van der Waals surface area contributed by atoms with Crippen LogP contribution in [0.25, 0.3) is 0 Å². The van der Waals surface area contributed by atoms with Crippen molar-refractivity contribution in [3.05, 3.63) is 23.8 Å². The molecule has 2 aliphatic heterocycles. The fourth-order valence-electron chi connectivity index (χ4n) is 5.06. The molecule has 8 nitrogen and oxygen atoms in total. The second-order valence-electron chi connectivity index (χ2n) is 9.45. The van der Waals surface area contributed by atoms with Crippen LogP contribution in [0.2, 0.25) is 0 Å². The third-order valence-electron chi connectivity index (χ3n) is 7.15. The van der Waals surface area contributed by atoms with Gasteiger partial charge in [-0.3, -0.25) is 14.4 Å². The minimum atomic E-state index is -0.614. The molecule has 1 saturated heterocycles. The van der Waals surface area contributed by atoms with Gasteiger partial charge in [0.25, 0.3) is 5.91 Å². The van der Waals surface area contributed by atoms with Gasteiger partial charge in [-0.05, 0) is 62.6 Å². The summed E-state index contributed by atoms with van der Waals surface area (Å²) in [7, 11) is 0. The number of likely N-dealkylation sites (tertiary alicyclic amines) is 1. The molecule has 0 radical (unpaired) electrons. The highest BCUT2D eigenvalue weighted by molar-refractivity contribution is 5.98. The van der Waals surface area contributed by atoms with Gasteiger partial charge in [-0.2, -0.15) is 0 Å². The summed E-state index contributed by atoms with van der Waals surface area (Å²) in [5.41, 5.74) is 0.437. The summed E-state index contributed by atoms with van der Waals surface area (Å²) in [6.45, 7) is 1.44. The zero-order valence-electron chi connectivity index (χ0n) is 18.3. The smallest absolute Gasteiger partial charge is 0.252 e. The van der Waals surface area contributed by atoms with Crippen molar-refractivity contribution in [2.24, 2.45) is 11.8 Å². The Kier molecular flexibility index (Phi) is 5.93. The molecule has 2 N–H and O–H groups in total. The molecule has 4 aliphatic rings. The van der Waals surface area contributed by atoms with E-state index >= 15 is 0 Å². The van der Waals surface area contributed by atoms with Gasteiger partial charge in [0.05, 0.1) is 0 Å². The molecule has 8 heteroatoms. The second kappa shape index (κ2) is 9.00. The van der Waals surface area contributed by atoms with E-state index in [-0.39, 0.29) is 42.4 Å². The van der Waals surface area contributed by atoms with Gasteiger partial charge < -0.3 is 25.0 Å². The number of nitrogens with one attached hydrogen (secondary N) is 2. The van der Waals surface area contributed by atoms with E-state index in [2.05, 4.69) is 10.6 Å². The number of piperidine rings is 1. The van der Waals surface area contributed by atoms with Gasteiger partial charge in [0.15, 0.2) is 11.5 Å². The molecule has 2 aliphatic carbocycles. The largest absolute Gasteiger partial charge is 0.454 e. The van der Waals surface area contributed by atoms with Crippen LogP contribution in [-0.4, -0.2) is 54.6 Å². The van der Waals surface area contributed by atoms with Crippen LogP contribution in [0.5, 0.6) is 11.5 Å². The normalized spacial score (nSPS) is 21.9. The number of carbonyl (C=O) groups is 3. The Hall–Kier alpha value is -2.77. The number of rotatable bonds is 6. The average Bonchev–Trinajstić information content (AvgIpc) is 3.27. The first-order valence-electron chi connectivity index (χ1n) is 11.9. The van der Waals surface area contributed by atoms with Gasteiger partial charge in [-0.25, -0.2) is 0 Å². The summed E-state index contributed by atoms with van der Waals surface area (Å²) in [5.74, 6) is 1.17. The monoisotopic (exact) mass is 441 g/mol. The van der Waals surface area contributed by atoms with E-state index in [1.165, 1.54) is 0 Å². The molecule has 1 aromatic rings. The molecule has 2 heterocycles. The Balaban J connectivity index is 1.24. The summed E-state index contributed by atoms with van der Waals surface area (Å²) >= 11 is 0. The summed E-state index contributed by atoms with van der Waals surface area (Å²) in [4.78, 5) is 40.8. The lowest BCUT2D eigenvalue weighted by molar-refractivity contribution is -0.137. The maximum Gasteiger partial charge on any atom is 0.252 e. The zero-order chi connectivity index (χ0) is 22.1. The first-order chi connectivity index (χ1) is 15.6. The molecule has 0 bridgehead atoms. The molecule has 1 unspecified atom stereocenters. The van der Waals surface area contributed by atoms with E-state index in [9.17, 15) is 14.4 Å². The number of carbonyl (C=O) groups excluding carboxylic acids is 3. The minimum absolute atomic E-state index is 0.000612. The van der Waals surface area contributed by atoms with E-state index < -0.39 is 6.04 Å². The van der Waals surface area contributed by atoms with Gasteiger partial charge in [0.2, 0.25) is 18.6 Å². The Bertz CT molecular complexity index is 886. The Morgan fingerprint density at radius 2 is 1.66 bits per heavy atom. The summed E-state index contributed by atoms with van der Waals surface area (Å²) < 4.78 is 10.7. The van der Waals surface area contributed by atoms with Gasteiger partial charge in [0, 0.05) is 30.6 Å². The average molecular weight is 442 g/mol. The van der Waals surface area contributed by atoms with E-state index in [4.69, 9.17) is 9.47 Å². The molecule has 172 valence electrons. The fourth-order valence-corrected chi connectivity index (χ4v) is 5.06. The molecule has 1 aromatic carbocycles. The molecule has 5 rings (SSSR count). The lowest BCUT2D eigenvalue weighted by Gasteiger charge is -2.36. The van der Waals surface area contributed by atoms with Crippen molar-refractivity contribution in [3.63, 3.8) is 0 Å². The highest BCUT2D eigenvalue weighted by atomic mass is 16.7. The van der Waals surface area contributed by atoms with E-state index in [0.29, 0.717) is 43.0 Å². The lowest BCUT2D eigenvalue weighted by atomic mass is 9.87. The minimum Gasteiger partial charge on any atom is -0.454 e. The highest BCUT2D eigenvalue weighted by Gasteiger charge is 2.37. The van der Waals surface area contributed by atoms with Crippen LogP contribution in [-0.2, 0) is 9.59 Å². The van der Waals surface area contributed by atoms with Crippen LogP contribution in [0.3, 0.4) is 0 Å². The van der Waals surface area contributed by atoms with Crippen LogP contribution in [0.4, 0.5) is 0 Å². The highest BCUT2D eigenvalue weighted by Crippen LogP contribution is 2.33. The van der Waals surface area contributed by atoms with Crippen molar-refractivity contribution in [3.8, 4) is 11.5 Å². The number of hydrogen-bond acceptors (Lipinski definition) is 5. The Labute approximate surface area is 188 Å². The third kappa shape index (κ3) is 4.54. The molecule has 1 atom stereocenters. The van der Waals surface area contributed by atoms with Crippen molar-refractivity contribution in [1.29, 1.82) is 0 Å². The molecule has 0 aromatic heterocycles. The van der Waals surface area contributed by atoms with Crippen molar-refractivity contribution < 1.29 is 23.9 Å². The fraction of sp³-hybridized carbons (Fsp3) is 0.625. The van der Waals surface area contributed by atoms with E-state index in [1.807, 2.05) is 4.90 Å². The van der Waals surface area contributed by atoms with Gasteiger partial charge in [-0.15, -0.1) is 0 Å². The second-order valence-corrected chi connectivity index (χ2v) is 9.45. The molecule has 2 saturated carbocycles. The van der Waals surface area contributed by atoms with E-state index in [1.54, 1.807) is 18.2 Å². The van der Waals surface area contributed by atoms with Crippen molar-refractivity contribution in [2.75, 3.05) is 19.9 Å². The molecular weight excluding hydrogens is 410 g/mol. The summed E-state index contributed by atoms with van der Waals surface area (Å²) in [6.07, 6.45) is 7.68. The molecule has 3 fully saturated rings. The molecular formula is C24H31N3O5. The molecule has 0 spiro atoms. The quantitative estimate of drug-likeness (QED) is 0.706. The third-order valence-corrected chi connectivity index (χ3v) is 7.15. The number of hydrogen-bond donors (Lipinski definition) is 2. The Morgan fingerprint density at radius 1 is 0.938 bits per heavy atom. The van der Waals surface area contributed by atoms with Crippen molar-refractivity contribution in [2.45, 2.75) is 63.5 Å². The predicted octanol–water partition coefficient (Wildman–Crippen LogP) is 2.22.